The maximum atomic E-state index is 5.21. The molecule has 0 aromatic carbocycles. The van der Waals surface area contributed by atoms with Crippen LogP contribution in [0.4, 0.5) is 0 Å². The zero-order valence-electron chi connectivity index (χ0n) is 7.50. The molecule has 12 heavy (non-hydrogen) atoms. The first kappa shape index (κ1) is 9.67. The van der Waals surface area contributed by atoms with Gasteiger partial charge in [0.05, 0.1) is 6.04 Å². The van der Waals surface area contributed by atoms with Crippen molar-refractivity contribution in [2.45, 2.75) is 13.0 Å². The lowest BCUT2D eigenvalue weighted by atomic mass is 10.3. The Hall–Kier alpha value is -0.420. The molecule has 0 bridgehead atoms. The van der Waals surface area contributed by atoms with Gasteiger partial charge in [0.25, 0.3) is 0 Å². The highest BCUT2D eigenvalue weighted by atomic mass is 32.1. The summed E-state index contributed by atoms with van der Waals surface area (Å²) >= 11 is 10.3. The number of thiocarbonyl (C=S) groups is 2. The van der Waals surface area contributed by atoms with Gasteiger partial charge in [0, 0.05) is 20.6 Å². The Kier molecular flexibility index (Phi) is 2.85. The van der Waals surface area contributed by atoms with Gasteiger partial charge in [0.2, 0.25) is 0 Å². The lowest BCUT2D eigenvalue weighted by Crippen LogP contribution is -2.43. The molecule has 0 aromatic rings. The van der Waals surface area contributed by atoms with Crippen molar-refractivity contribution in [3.8, 4) is 0 Å². The molecule has 1 saturated heterocycles. The minimum Gasteiger partial charge on any atom is -0.365 e. The predicted octanol–water partition coefficient (Wildman–Crippen LogP) is 0.411. The third kappa shape index (κ3) is 1.51. The highest BCUT2D eigenvalue weighted by molar-refractivity contribution is 7.81. The van der Waals surface area contributed by atoms with Crippen molar-refractivity contribution in [2.24, 2.45) is 0 Å². The first-order valence-corrected chi connectivity index (χ1v) is 4.65. The molecular weight excluding hydrogens is 190 g/mol. The smallest absolute Gasteiger partial charge is 0.177 e. The topological polar surface area (TPSA) is 18.5 Å². The van der Waals surface area contributed by atoms with E-state index in [2.05, 4.69) is 12.2 Å². The van der Waals surface area contributed by atoms with Crippen LogP contribution < -0.4 is 5.32 Å². The summed E-state index contributed by atoms with van der Waals surface area (Å²) in [5.74, 6) is 0. The van der Waals surface area contributed by atoms with Crippen LogP contribution >= 0.6 is 24.4 Å². The lowest BCUT2D eigenvalue weighted by Gasteiger charge is -2.22. The van der Waals surface area contributed by atoms with Gasteiger partial charge in [-0.3, -0.25) is 4.90 Å². The van der Waals surface area contributed by atoms with E-state index in [1.165, 1.54) is 0 Å². The number of rotatable bonds is 0. The second-order valence-corrected chi connectivity index (χ2v) is 3.69. The molecule has 1 unspecified atom stereocenters. The summed E-state index contributed by atoms with van der Waals surface area (Å²) in [5, 5.41) is 4.44. The highest BCUT2D eigenvalue weighted by Crippen LogP contribution is 2.13. The van der Waals surface area contributed by atoms with E-state index in [4.69, 9.17) is 24.4 Å². The van der Waals surface area contributed by atoms with Crippen LogP contribution in [0.1, 0.15) is 6.92 Å². The van der Waals surface area contributed by atoms with Gasteiger partial charge in [0.1, 0.15) is 0 Å². The van der Waals surface area contributed by atoms with Crippen molar-refractivity contribution in [1.29, 1.82) is 0 Å². The third-order valence-electron chi connectivity index (χ3n) is 1.94. The fourth-order valence-electron chi connectivity index (χ4n) is 1.34. The van der Waals surface area contributed by atoms with Crippen molar-refractivity contribution in [3.05, 3.63) is 0 Å². The van der Waals surface area contributed by atoms with Crippen molar-refractivity contribution >= 4 is 34.7 Å². The van der Waals surface area contributed by atoms with Crippen LogP contribution in [-0.2, 0) is 0 Å². The van der Waals surface area contributed by atoms with Gasteiger partial charge < -0.3 is 10.2 Å². The molecule has 1 aliphatic heterocycles. The van der Waals surface area contributed by atoms with E-state index in [-0.39, 0.29) is 0 Å². The number of likely N-dealkylation sites (N-methyl/N-ethyl adjacent to an activating group) is 1. The molecule has 1 atom stereocenters. The van der Waals surface area contributed by atoms with E-state index >= 15 is 0 Å². The molecule has 0 saturated carbocycles. The summed E-state index contributed by atoms with van der Waals surface area (Å²) in [7, 11) is 3.80. The maximum absolute atomic E-state index is 5.21. The Labute approximate surface area is 83.7 Å². The normalized spacial score (nSPS) is 23.2. The zero-order valence-corrected chi connectivity index (χ0v) is 9.13. The third-order valence-corrected chi connectivity index (χ3v) is 2.85. The first-order chi connectivity index (χ1) is 5.57. The molecule has 68 valence electrons. The summed E-state index contributed by atoms with van der Waals surface area (Å²) in [6.45, 7) is 3.06. The van der Waals surface area contributed by atoms with Crippen molar-refractivity contribution in [1.82, 2.24) is 15.1 Å². The van der Waals surface area contributed by atoms with Crippen LogP contribution in [0.5, 0.6) is 0 Å². The number of nitrogens with one attached hydrogen (secondary N) is 1. The molecule has 0 amide bonds. The van der Waals surface area contributed by atoms with Crippen molar-refractivity contribution in [3.63, 3.8) is 0 Å². The summed E-state index contributed by atoms with van der Waals surface area (Å²) in [6.07, 6.45) is 0. The van der Waals surface area contributed by atoms with E-state index in [0.29, 0.717) is 11.2 Å². The molecule has 1 N–H and O–H groups in total. The SMILES string of the molecule is CNC(=S)N1C(=S)N(C)CC1C. The monoisotopic (exact) mass is 203 g/mol. The highest BCUT2D eigenvalue weighted by Gasteiger charge is 2.30. The van der Waals surface area contributed by atoms with Crippen LogP contribution in [0.2, 0.25) is 0 Å². The van der Waals surface area contributed by atoms with Gasteiger partial charge >= 0.3 is 0 Å². The van der Waals surface area contributed by atoms with E-state index in [0.717, 1.165) is 11.7 Å². The minimum absolute atomic E-state index is 0.377. The summed E-state index contributed by atoms with van der Waals surface area (Å²) in [6, 6.07) is 0.377. The molecule has 1 fully saturated rings. The number of hydrogen-bond acceptors (Lipinski definition) is 2. The van der Waals surface area contributed by atoms with E-state index in [9.17, 15) is 0 Å². The number of hydrogen-bond donors (Lipinski definition) is 1. The fraction of sp³-hybridized carbons (Fsp3) is 0.714. The van der Waals surface area contributed by atoms with Crippen molar-refractivity contribution < 1.29 is 0 Å². The molecule has 5 heteroatoms. The second kappa shape index (κ2) is 3.53. The van der Waals surface area contributed by atoms with Gasteiger partial charge in [0.15, 0.2) is 10.2 Å². The maximum Gasteiger partial charge on any atom is 0.177 e. The molecule has 0 spiro atoms. The van der Waals surface area contributed by atoms with E-state index < -0.39 is 0 Å². The standard InChI is InChI=1S/C7H13N3S2/c1-5-4-9(3)7(12)10(5)6(11)8-2/h5H,4H2,1-3H3,(H,8,11). The van der Waals surface area contributed by atoms with Gasteiger partial charge in [-0.05, 0) is 31.4 Å². The molecule has 0 aromatic heterocycles. The van der Waals surface area contributed by atoms with Crippen molar-refractivity contribution in [2.75, 3.05) is 20.6 Å². The quantitative estimate of drug-likeness (QED) is 0.573. The summed E-state index contributed by atoms with van der Waals surface area (Å²) in [5.41, 5.74) is 0. The van der Waals surface area contributed by atoms with Crippen LogP contribution in [0.3, 0.4) is 0 Å². The Morgan fingerprint density at radius 2 is 2.25 bits per heavy atom. The molecule has 1 rings (SSSR count). The molecule has 3 nitrogen and oxygen atoms in total. The Bertz CT molecular complexity index is 217. The summed E-state index contributed by atoms with van der Waals surface area (Å²) < 4.78 is 0. The van der Waals surface area contributed by atoms with E-state index in [1.54, 1.807) is 0 Å². The van der Waals surface area contributed by atoms with Gasteiger partial charge in [-0.15, -0.1) is 0 Å². The average molecular weight is 203 g/mol. The number of nitrogens with zero attached hydrogens (tertiary/aromatic N) is 2. The van der Waals surface area contributed by atoms with Crippen LogP contribution in [-0.4, -0.2) is 46.7 Å². The largest absolute Gasteiger partial charge is 0.365 e. The average Bonchev–Trinajstić information content (AvgIpc) is 2.26. The molecule has 1 heterocycles. The van der Waals surface area contributed by atoms with Crippen LogP contribution in [0.15, 0.2) is 0 Å². The minimum atomic E-state index is 0.377. The Morgan fingerprint density at radius 1 is 1.67 bits per heavy atom. The fourth-order valence-corrected chi connectivity index (χ4v) is 2.01. The molecular formula is C7H13N3S2. The van der Waals surface area contributed by atoms with E-state index in [1.807, 2.05) is 23.9 Å². The molecule has 0 aliphatic carbocycles. The van der Waals surface area contributed by atoms with Gasteiger partial charge in [-0.2, -0.15) is 0 Å². The van der Waals surface area contributed by atoms with Gasteiger partial charge in [-0.25, -0.2) is 0 Å². The second-order valence-electron chi connectivity index (χ2n) is 2.94. The Balaban J connectivity index is 2.76. The van der Waals surface area contributed by atoms with Crippen LogP contribution in [0.25, 0.3) is 0 Å². The summed E-state index contributed by atoms with van der Waals surface area (Å²) in [4.78, 5) is 3.99. The zero-order chi connectivity index (χ0) is 9.30. The van der Waals surface area contributed by atoms with Gasteiger partial charge in [-0.1, -0.05) is 0 Å². The first-order valence-electron chi connectivity index (χ1n) is 3.84. The molecule has 0 radical (unpaired) electrons. The van der Waals surface area contributed by atoms with Crippen LogP contribution in [0, 0.1) is 0 Å². The Morgan fingerprint density at radius 3 is 2.58 bits per heavy atom. The molecule has 1 aliphatic rings. The lowest BCUT2D eigenvalue weighted by molar-refractivity contribution is 0.479. The predicted molar refractivity (Wildman–Crippen MR) is 58.2 cm³/mol.